The quantitative estimate of drug-likeness (QED) is 0.569. The molecule has 0 spiro atoms. The zero-order chi connectivity index (χ0) is 19.8. The fraction of sp³-hybridized carbons (Fsp3) is 0.550. The molecule has 0 radical (unpaired) electrons. The summed E-state index contributed by atoms with van der Waals surface area (Å²) < 4.78 is 5.68. The molecule has 28 heavy (non-hydrogen) atoms. The van der Waals surface area contributed by atoms with E-state index in [1.165, 1.54) is 0 Å². The van der Waals surface area contributed by atoms with Crippen LogP contribution in [0.3, 0.4) is 0 Å². The lowest BCUT2D eigenvalue weighted by Gasteiger charge is -2.36. The van der Waals surface area contributed by atoms with Gasteiger partial charge < -0.3 is 20.1 Å². The Balaban J connectivity index is 1.68. The van der Waals surface area contributed by atoms with Crippen molar-refractivity contribution in [1.82, 2.24) is 9.80 Å². The van der Waals surface area contributed by atoms with Crippen LogP contribution in [0, 0.1) is 11.3 Å². The van der Waals surface area contributed by atoms with E-state index in [-0.39, 0.29) is 11.7 Å². The standard InChI is InChI=1S/C20H27N5O3/c21-7-3-8-24-9-11-25(12-10-24)20(22-15-18-6-2-13-28-18)23-17-5-1-4-16(14-17)19(26)27/h1,4-5,14,18H,2-3,6,8-13,15H2,(H,22,23)(H,26,27). The van der Waals surface area contributed by atoms with Crippen LogP contribution in [0.5, 0.6) is 0 Å². The summed E-state index contributed by atoms with van der Waals surface area (Å²) in [4.78, 5) is 20.5. The van der Waals surface area contributed by atoms with Gasteiger partial charge in [0, 0.05) is 51.4 Å². The molecule has 150 valence electrons. The molecule has 2 saturated heterocycles. The minimum Gasteiger partial charge on any atom is -0.478 e. The number of nitriles is 1. The number of carboxylic acids is 1. The summed E-state index contributed by atoms with van der Waals surface area (Å²) in [5, 5.41) is 21.3. The predicted molar refractivity (Wildman–Crippen MR) is 107 cm³/mol. The van der Waals surface area contributed by atoms with Gasteiger partial charge >= 0.3 is 5.97 Å². The Kier molecular flexibility index (Phi) is 7.23. The van der Waals surface area contributed by atoms with Gasteiger partial charge in [-0.3, -0.25) is 9.89 Å². The number of hydrogen-bond acceptors (Lipinski definition) is 5. The molecular weight excluding hydrogens is 358 g/mol. The highest BCUT2D eigenvalue weighted by atomic mass is 16.5. The second kappa shape index (κ2) is 10.1. The number of carbonyl (C=O) groups is 1. The van der Waals surface area contributed by atoms with Crippen molar-refractivity contribution in [2.75, 3.05) is 51.2 Å². The van der Waals surface area contributed by atoms with Crippen LogP contribution >= 0.6 is 0 Å². The highest BCUT2D eigenvalue weighted by molar-refractivity contribution is 5.95. The Hall–Kier alpha value is -2.63. The summed E-state index contributed by atoms with van der Waals surface area (Å²) in [6.07, 6.45) is 2.79. The van der Waals surface area contributed by atoms with E-state index in [0.29, 0.717) is 18.7 Å². The molecule has 0 amide bonds. The van der Waals surface area contributed by atoms with Crippen LogP contribution in [0.4, 0.5) is 5.69 Å². The molecule has 2 aliphatic rings. The Bertz CT molecular complexity index is 732. The average Bonchev–Trinajstić information content (AvgIpc) is 3.24. The SMILES string of the molecule is N#CCCN1CCN(C(=NCC2CCCO2)Nc2cccc(C(=O)O)c2)CC1. The zero-order valence-electron chi connectivity index (χ0n) is 16.0. The molecule has 2 aliphatic heterocycles. The molecule has 8 nitrogen and oxygen atoms in total. The van der Waals surface area contributed by atoms with Gasteiger partial charge in [0.05, 0.1) is 24.3 Å². The van der Waals surface area contributed by atoms with Crippen LogP contribution in [0.1, 0.15) is 29.6 Å². The highest BCUT2D eigenvalue weighted by Gasteiger charge is 2.21. The fourth-order valence-corrected chi connectivity index (χ4v) is 3.45. The number of nitrogens with zero attached hydrogens (tertiary/aromatic N) is 4. The topological polar surface area (TPSA) is 101 Å². The second-order valence-corrected chi connectivity index (χ2v) is 7.05. The maximum atomic E-state index is 11.2. The number of guanidine groups is 1. The molecule has 1 aromatic rings. The van der Waals surface area contributed by atoms with Crippen molar-refractivity contribution in [2.24, 2.45) is 4.99 Å². The number of ether oxygens (including phenoxy) is 1. The molecule has 2 fully saturated rings. The Labute approximate surface area is 165 Å². The first-order valence-electron chi connectivity index (χ1n) is 9.76. The predicted octanol–water partition coefficient (Wildman–Crippen LogP) is 1.86. The van der Waals surface area contributed by atoms with Crippen molar-refractivity contribution in [1.29, 1.82) is 5.26 Å². The van der Waals surface area contributed by atoms with Crippen LogP contribution in [-0.2, 0) is 4.74 Å². The third kappa shape index (κ3) is 5.68. The van der Waals surface area contributed by atoms with Crippen molar-refractivity contribution in [3.8, 4) is 6.07 Å². The molecule has 3 rings (SSSR count). The molecule has 1 atom stereocenters. The lowest BCUT2D eigenvalue weighted by atomic mass is 10.2. The smallest absolute Gasteiger partial charge is 0.335 e. The molecule has 2 N–H and O–H groups in total. The maximum Gasteiger partial charge on any atom is 0.335 e. The van der Waals surface area contributed by atoms with Crippen molar-refractivity contribution in [3.05, 3.63) is 29.8 Å². The number of anilines is 1. The normalized spacial score (nSPS) is 20.8. The lowest BCUT2D eigenvalue weighted by molar-refractivity contribution is 0.0697. The lowest BCUT2D eigenvalue weighted by Crippen LogP contribution is -2.50. The minimum absolute atomic E-state index is 0.152. The number of aliphatic imine (C=N–C) groups is 1. The van der Waals surface area contributed by atoms with Crippen LogP contribution in [-0.4, -0.2) is 78.8 Å². The summed E-state index contributed by atoms with van der Waals surface area (Å²) in [6, 6.07) is 8.96. The molecule has 0 bridgehead atoms. The third-order valence-electron chi connectivity index (χ3n) is 5.05. The van der Waals surface area contributed by atoms with Gasteiger partial charge in [0.25, 0.3) is 0 Å². The van der Waals surface area contributed by atoms with Crippen molar-refractivity contribution < 1.29 is 14.6 Å². The first-order chi connectivity index (χ1) is 13.7. The summed E-state index contributed by atoms with van der Waals surface area (Å²) in [5.41, 5.74) is 0.947. The van der Waals surface area contributed by atoms with E-state index in [2.05, 4.69) is 21.2 Å². The van der Waals surface area contributed by atoms with Crippen LogP contribution < -0.4 is 5.32 Å². The molecule has 0 aromatic heterocycles. The zero-order valence-corrected chi connectivity index (χ0v) is 16.0. The molecule has 1 unspecified atom stereocenters. The van der Waals surface area contributed by atoms with Gasteiger partial charge in [0.15, 0.2) is 5.96 Å². The number of benzene rings is 1. The fourth-order valence-electron chi connectivity index (χ4n) is 3.45. The largest absolute Gasteiger partial charge is 0.478 e. The number of carboxylic acid groups (broad SMARTS) is 1. The van der Waals surface area contributed by atoms with Crippen molar-refractivity contribution in [3.63, 3.8) is 0 Å². The molecule has 1 aromatic carbocycles. The first-order valence-corrected chi connectivity index (χ1v) is 9.76. The Morgan fingerprint density at radius 1 is 1.36 bits per heavy atom. The van der Waals surface area contributed by atoms with Gasteiger partial charge in [-0.25, -0.2) is 4.79 Å². The van der Waals surface area contributed by atoms with Crippen LogP contribution in [0.15, 0.2) is 29.3 Å². The van der Waals surface area contributed by atoms with Crippen molar-refractivity contribution >= 4 is 17.6 Å². The van der Waals surface area contributed by atoms with E-state index >= 15 is 0 Å². The van der Waals surface area contributed by atoms with Gasteiger partial charge in [-0.05, 0) is 31.0 Å². The average molecular weight is 385 g/mol. The second-order valence-electron chi connectivity index (χ2n) is 7.05. The number of rotatable bonds is 6. The van der Waals surface area contributed by atoms with E-state index in [1.54, 1.807) is 18.2 Å². The van der Waals surface area contributed by atoms with Crippen LogP contribution in [0.25, 0.3) is 0 Å². The summed E-state index contributed by atoms with van der Waals surface area (Å²) >= 11 is 0. The maximum absolute atomic E-state index is 11.2. The van der Waals surface area contributed by atoms with E-state index in [9.17, 15) is 9.90 Å². The van der Waals surface area contributed by atoms with Gasteiger partial charge in [0.2, 0.25) is 0 Å². The Morgan fingerprint density at radius 3 is 2.86 bits per heavy atom. The number of piperazine rings is 1. The number of hydrogen-bond donors (Lipinski definition) is 2. The molecule has 8 heteroatoms. The molecular formula is C20H27N5O3. The Morgan fingerprint density at radius 2 is 2.18 bits per heavy atom. The van der Waals surface area contributed by atoms with E-state index in [0.717, 1.165) is 58.1 Å². The van der Waals surface area contributed by atoms with E-state index in [1.807, 2.05) is 6.07 Å². The molecule has 2 heterocycles. The third-order valence-corrected chi connectivity index (χ3v) is 5.05. The minimum atomic E-state index is -0.951. The summed E-state index contributed by atoms with van der Waals surface area (Å²) in [6.45, 7) is 5.54. The van der Waals surface area contributed by atoms with Gasteiger partial charge in [0.1, 0.15) is 0 Å². The van der Waals surface area contributed by atoms with Crippen molar-refractivity contribution in [2.45, 2.75) is 25.4 Å². The summed E-state index contributed by atoms with van der Waals surface area (Å²) in [5.74, 6) is -0.203. The van der Waals surface area contributed by atoms with Gasteiger partial charge in [-0.2, -0.15) is 5.26 Å². The van der Waals surface area contributed by atoms with Crippen LogP contribution in [0.2, 0.25) is 0 Å². The first kappa shape index (κ1) is 20.1. The number of nitrogens with one attached hydrogen (secondary N) is 1. The van der Waals surface area contributed by atoms with Gasteiger partial charge in [-0.1, -0.05) is 6.07 Å². The van der Waals surface area contributed by atoms with Gasteiger partial charge in [-0.15, -0.1) is 0 Å². The molecule has 0 saturated carbocycles. The summed E-state index contributed by atoms with van der Waals surface area (Å²) in [7, 11) is 0. The monoisotopic (exact) mass is 385 g/mol. The van der Waals surface area contributed by atoms with E-state index in [4.69, 9.17) is 15.0 Å². The highest BCUT2D eigenvalue weighted by Crippen LogP contribution is 2.15. The van der Waals surface area contributed by atoms with E-state index < -0.39 is 5.97 Å². The number of aromatic carboxylic acids is 1. The molecule has 0 aliphatic carbocycles.